The molecule has 23 heteroatoms. The summed E-state index contributed by atoms with van der Waals surface area (Å²) in [4.78, 5) is 38.5. The van der Waals surface area contributed by atoms with E-state index >= 15 is 0 Å². The van der Waals surface area contributed by atoms with Crippen LogP contribution in [0.3, 0.4) is 0 Å². The van der Waals surface area contributed by atoms with Gasteiger partial charge in [0.1, 0.15) is 67.1 Å². The third-order valence-corrected chi connectivity index (χ3v) is 17.5. The van der Waals surface area contributed by atoms with Gasteiger partial charge in [-0.3, -0.25) is 9.59 Å². The Hall–Kier alpha value is -2.53. The fourth-order valence-corrected chi connectivity index (χ4v) is 12.0. The number of carboxylic acid groups (broad SMARTS) is 1. The largest absolute Gasteiger partial charge is 0.477 e. The lowest BCUT2D eigenvalue weighted by Crippen LogP contribution is -2.70. The SMILES string of the molecule is CCCCCCCC/C=C\CCCCCCCCCC(=O)NC(COC1OC(CO)C(OC2OC(CO)C(O)C(OC3(C(=O)O)CC(O)C(NC(C)=O)C(C(O)C(O)CO)O3)C2O)C(O)C1O)C(O)CCCCCCCCCCCCCCCCCCC. The highest BCUT2D eigenvalue weighted by Gasteiger charge is 2.60. The first-order chi connectivity index (χ1) is 42.4. The number of amides is 2. The van der Waals surface area contributed by atoms with Crippen molar-refractivity contribution in [3.8, 4) is 0 Å². The predicted octanol–water partition coefficient (Wildman–Crippen LogP) is 5.51. The molecule has 18 unspecified atom stereocenters. The Morgan fingerprint density at radius 1 is 0.580 bits per heavy atom. The number of carbonyl (C=O) groups is 3. The lowest BCUT2D eigenvalue weighted by Gasteiger charge is -2.50. The van der Waals surface area contributed by atoms with E-state index in [1.807, 2.05) is 0 Å². The fourth-order valence-electron chi connectivity index (χ4n) is 12.0. The van der Waals surface area contributed by atoms with Gasteiger partial charge in [-0.2, -0.15) is 0 Å². The zero-order chi connectivity index (χ0) is 64.7. The van der Waals surface area contributed by atoms with Crippen LogP contribution in [0.25, 0.3) is 0 Å². The van der Waals surface area contributed by atoms with E-state index in [2.05, 4.69) is 36.6 Å². The van der Waals surface area contributed by atoms with Crippen LogP contribution in [-0.2, 0) is 42.8 Å². The van der Waals surface area contributed by atoms with Crippen molar-refractivity contribution in [2.24, 2.45) is 0 Å². The lowest BCUT2D eigenvalue weighted by molar-refractivity contribution is -0.386. The Morgan fingerprint density at radius 3 is 1.53 bits per heavy atom. The first kappa shape index (κ1) is 79.7. The molecule has 0 saturated carbocycles. The molecule has 0 radical (unpaired) electrons. The van der Waals surface area contributed by atoms with E-state index in [1.165, 1.54) is 116 Å². The smallest absolute Gasteiger partial charge is 0.364 e. The number of aliphatic carboxylic acids is 1. The first-order valence-corrected chi connectivity index (χ1v) is 34.0. The summed E-state index contributed by atoms with van der Waals surface area (Å²) in [5.41, 5.74) is 0. The second kappa shape index (κ2) is 46.5. The molecule has 0 aromatic carbocycles. The van der Waals surface area contributed by atoms with Crippen molar-refractivity contribution in [1.82, 2.24) is 10.6 Å². The van der Waals surface area contributed by atoms with Gasteiger partial charge in [0.05, 0.1) is 50.7 Å². The van der Waals surface area contributed by atoms with Gasteiger partial charge in [-0.15, -0.1) is 0 Å². The van der Waals surface area contributed by atoms with Crippen LogP contribution in [0, 0.1) is 0 Å². The molecule has 3 rings (SSSR count). The van der Waals surface area contributed by atoms with Crippen molar-refractivity contribution in [1.29, 1.82) is 0 Å². The first-order valence-electron chi connectivity index (χ1n) is 34.0. The number of rotatable bonds is 51. The number of carbonyl (C=O) groups excluding carboxylic acids is 2. The second-order valence-electron chi connectivity index (χ2n) is 25.0. The summed E-state index contributed by atoms with van der Waals surface area (Å²) in [6, 6.07) is -2.53. The number of aliphatic hydroxyl groups is 11. The summed E-state index contributed by atoms with van der Waals surface area (Å²) in [7, 11) is 0. The average molecular weight is 1270 g/mol. The second-order valence-corrected chi connectivity index (χ2v) is 25.0. The van der Waals surface area contributed by atoms with Crippen LogP contribution in [0.15, 0.2) is 12.2 Å². The van der Waals surface area contributed by atoms with E-state index in [4.69, 9.17) is 28.4 Å². The molecule has 3 fully saturated rings. The van der Waals surface area contributed by atoms with Crippen LogP contribution in [0.4, 0.5) is 0 Å². The van der Waals surface area contributed by atoms with E-state index in [9.17, 15) is 75.7 Å². The summed E-state index contributed by atoms with van der Waals surface area (Å²) >= 11 is 0. The van der Waals surface area contributed by atoms with Crippen LogP contribution in [0.2, 0.25) is 0 Å². The van der Waals surface area contributed by atoms with Gasteiger partial charge in [0.2, 0.25) is 11.8 Å². The molecular weight excluding hydrogens is 1140 g/mol. The maximum atomic E-state index is 13.5. The van der Waals surface area contributed by atoms with Gasteiger partial charge in [-0.25, -0.2) is 4.79 Å². The molecule has 0 aliphatic carbocycles. The van der Waals surface area contributed by atoms with Gasteiger partial charge in [-0.1, -0.05) is 199 Å². The number of ether oxygens (including phenoxy) is 6. The molecule has 0 aromatic heterocycles. The van der Waals surface area contributed by atoms with E-state index in [1.54, 1.807) is 0 Å². The molecule has 14 N–H and O–H groups in total. The molecule has 3 aliphatic rings. The monoisotopic (exact) mass is 1260 g/mol. The minimum atomic E-state index is -3.08. The number of unbranched alkanes of at least 4 members (excludes halogenated alkanes) is 29. The van der Waals surface area contributed by atoms with Crippen molar-refractivity contribution >= 4 is 17.8 Å². The summed E-state index contributed by atoms with van der Waals surface area (Å²) in [6.07, 6.45) is 13.5. The molecular formula is C65H120N2O21. The van der Waals surface area contributed by atoms with Gasteiger partial charge < -0.3 is 100 Å². The predicted molar refractivity (Wildman–Crippen MR) is 329 cm³/mol. The summed E-state index contributed by atoms with van der Waals surface area (Å²) in [5.74, 6) is -6.10. The number of hydrogen-bond acceptors (Lipinski definition) is 20. The number of carboxylic acids is 1. The quantitative estimate of drug-likeness (QED) is 0.0264. The molecule has 0 bridgehead atoms. The topological polar surface area (TPSA) is 373 Å². The third kappa shape index (κ3) is 29.2. The Balaban J connectivity index is 1.61. The van der Waals surface area contributed by atoms with Crippen molar-refractivity contribution < 1.29 is 104 Å². The van der Waals surface area contributed by atoms with Crippen molar-refractivity contribution in [3.05, 3.63) is 12.2 Å². The highest BCUT2D eigenvalue weighted by molar-refractivity contribution is 5.77. The van der Waals surface area contributed by atoms with Crippen molar-refractivity contribution in [3.63, 3.8) is 0 Å². The van der Waals surface area contributed by atoms with Gasteiger partial charge >= 0.3 is 5.97 Å². The van der Waals surface area contributed by atoms with Gasteiger partial charge in [0.25, 0.3) is 5.79 Å². The van der Waals surface area contributed by atoms with E-state index in [-0.39, 0.29) is 18.9 Å². The van der Waals surface area contributed by atoms with Crippen LogP contribution >= 0.6 is 0 Å². The Labute approximate surface area is 524 Å². The van der Waals surface area contributed by atoms with Crippen LogP contribution in [0.1, 0.15) is 245 Å². The molecule has 516 valence electrons. The van der Waals surface area contributed by atoms with E-state index in [0.29, 0.717) is 19.3 Å². The van der Waals surface area contributed by atoms with Crippen molar-refractivity contribution in [2.75, 3.05) is 26.4 Å². The number of hydrogen-bond donors (Lipinski definition) is 14. The van der Waals surface area contributed by atoms with Gasteiger partial charge in [-0.05, 0) is 38.5 Å². The molecule has 3 aliphatic heterocycles. The van der Waals surface area contributed by atoms with Crippen LogP contribution < -0.4 is 10.6 Å². The molecule has 23 nitrogen and oxygen atoms in total. The molecule has 2 amide bonds. The number of nitrogens with one attached hydrogen (secondary N) is 2. The third-order valence-electron chi connectivity index (χ3n) is 17.5. The number of allylic oxidation sites excluding steroid dienone is 2. The lowest BCUT2D eigenvalue weighted by atomic mass is 9.88. The highest BCUT2D eigenvalue weighted by Crippen LogP contribution is 2.39. The zero-order valence-electron chi connectivity index (χ0n) is 53.6. The van der Waals surface area contributed by atoms with E-state index < -0.39 is 148 Å². The van der Waals surface area contributed by atoms with Gasteiger partial charge in [0.15, 0.2) is 12.6 Å². The standard InChI is InChI=1S/C65H120N2O21/c1-4-6-8-10-12-14-16-18-20-22-24-26-28-30-32-34-36-38-47(72)46(67-52(75)39-37-35-33-31-29-27-25-23-21-19-17-15-13-11-9-7-5-2)44-83-62-57(79)56(78)59(51(43-70)85-62)86-63-58(80)61(55(77)50(42-69)84-63)88-65(64(81)82)40-48(73)53(66-45(3)71)60(87-65)54(76)49(74)41-68/h19,21,46-51,53-63,68-70,72-74,76-80H,4-18,20,22-44H2,1-3H3,(H,66,71)(H,67,75)(H,81,82)/b21-19-. The highest BCUT2D eigenvalue weighted by atomic mass is 16.8. The molecule has 18 atom stereocenters. The molecule has 3 heterocycles. The zero-order valence-corrected chi connectivity index (χ0v) is 53.6. The molecule has 0 spiro atoms. The average Bonchev–Trinajstić information content (AvgIpc) is 1.22. The van der Waals surface area contributed by atoms with Crippen molar-refractivity contribution in [2.45, 2.75) is 355 Å². The maximum Gasteiger partial charge on any atom is 0.364 e. The Kier molecular flexibility index (Phi) is 42.1. The minimum absolute atomic E-state index is 0.220. The maximum absolute atomic E-state index is 13.5. The van der Waals surface area contributed by atoms with Crippen LogP contribution in [0.5, 0.6) is 0 Å². The Morgan fingerprint density at radius 2 is 1.06 bits per heavy atom. The minimum Gasteiger partial charge on any atom is -0.477 e. The van der Waals surface area contributed by atoms with E-state index in [0.717, 1.165) is 84.0 Å². The fraction of sp³-hybridized carbons (Fsp3) is 0.923. The summed E-state index contributed by atoms with van der Waals surface area (Å²) < 4.78 is 34.8. The molecule has 88 heavy (non-hydrogen) atoms. The van der Waals surface area contributed by atoms with Gasteiger partial charge in [0, 0.05) is 19.8 Å². The van der Waals surface area contributed by atoms with Crippen LogP contribution in [-0.4, -0.2) is 215 Å². The molecule has 0 aromatic rings. The number of aliphatic hydroxyl groups excluding tert-OH is 11. The molecule has 3 saturated heterocycles. The Bertz CT molecular complexity index is 1840. The summed E-state index contributed by atoms with van der Waals surface area (Å²) in [5, 5.41) is 136. The normalized spacial score (nSPS) is 29.0. The summed E-state index contributed by atoms with van der Waals surface area (Å²) in [6.45, 7) is 2.20.